The fraction of sp³-hybridized carbons (Fsp3) is 0.381. The molecule has 0 spiro atoms. The molecule has 2 aliphatic rings. The number of hydrogen-bond donors (Lipinski definition) is 1. The van der Waals surface area contributed by atoms with Gasteiger partial charge in [-0.2, -0.15) is 0 Å². The summed E-state index contributed by atoms with van der Waals surface area (Å²) in [6.45, 7) is 2.19. The van der Waals surface area contributed by atoms with Crippen LogP contribution in [0.15, 0.2) is 42.9 Å². The van der Waals surface area contributed by atoms with Crippen LogP contribution in [0.2, 0.25) is 0 Å². The molecule has 0 radical (unpaired) electrons. The summed E-state index contributed by atoms with van der Waals surface area (Å²) in [6.07, 6.45) is 3.44. The summed E-state index contributed by atoms with van der Waals surface area (Å²) in [6, 6.07) is 8.33. The highest BCUT2D eigenvalue weighted by Gasteiger charge is 2.49. The van der Waals surface area contributed by atoms with Gasteiger partial charge in [0, 0.05) is 44.8 Å². The predicted octanol–water partition coefficient (Wildman–Crippen LogP) is 2.38. The van der Waals surface area contributed by atoms with E-state index in [0.29, 0.717) is 6.54 Å². The second kappa shape index (κ2) is 7.11. The number of methoxy groups -OCH3 is 1. The highest BCUT2D eigenvalue weighted by molar-refractivity contribution is 5.86. The Labute approximate surface area is 167 Å². The van der Waals surface area contributed by atoms with Crippen molar-refractivity contribution in [3.05, 3.63) is 54.2 Å². The molecule has 29 heavy (non-hydrogen) atoms. The number of carbonyl (C=O) groups excluding carboxylic acids is 1. The van der Waals surface area contributed by atoms with Crippen molar-refractivity contribution in [1.29, 1.82) is 0 Å². The van der Waals surface area contributed by atoms with Crippen molar-refractivity contribution < 1.29 is 13.9 Å². The van der Waals surface area contributed by atoms with Gasteiger partial charge in [-0.25, -0.2) is 14.4 Å². The maximum Gasteiger partial charge on any atom is 0.249 e. The third kappa shape index (κ3) is 3.04. The number of hydrogen-bond acceptors (Lipinski definition) is 5. The first-order chi connectivity index (χ1) is 14.2. The first-order valence-corrected chi connectivity index (χ1v) is 9.72. The van der Waals surface area contributed by atoms with Crippen LogP contribution in [0.25, 0.3) is 11.0 Å². The number of benzene rings is 1. The second-order valence-corrected chi connectivity index (χ2v) is 7.74. The summed E-state index contributed by atoms with van der Waals surface area (Å²) in [5.41, 5.74) is 2.63. The van der Waals surface area contributed by atoms with Crippen LogP contribution in [0.1, 0.15) is 11.6 Å². The summed E-state index contributed by atoms with van der Waals surface area (Å²) >= 11 is 0. The quantitative estimate of drug-likeness (QED) is 0.734. The third-order valence-corrected chi connectivity index (χ3v) is 6.07. The fourth-order valence-corrected chi connectivity index (χ4v) is 4.90. The van der Waals surface area contributed by atoms with Gasteiger partial charge >= 0.3 is 0 Å². The minimum absolute atomic E-state index is 0.0317. The van der Waals surface area contributed by atoms with Crippen molar-refractivity contribution in [2.24, 2.45) is 11.8 Å². The molecule has 5 rings (SSSR count). The Balaban J connectivity index is 1.48. The van der Waals surface area contributed by atoms with Crippen molar-refractivity contribution in [2.75, 3.05) is 38.3 Å². The van der Waals surface area contributed by atoms with Gasteiger partial charge in [-0.3, -0.25) is 4.79 Å². The first kappa shape index (κ1) is 18.1. The zero-order valence-electron chi connectivity index (χ0n) is 16.1. The van der Waals surface area contributed by atoms with E-state index >= 15 is 0 Å². The van der Waals surface area contributed by atoms with Crippen LogP contribution in [0, 0.1) is 17.7 Å². The minimum atomic E-state index is -0.288. The Kier molecular flexibility index (Phi) is 4.43. The molecule has 2 aromatic heterocycles. The number of aromatic amines is 1. The lowest BCUT2D eigenvalue weighted by molar-refractivity contribution is -0.136. The molecule has 1 aromatic carbocycles. The largest absolute Gasteiger partial charge is 0.375 e. The van der Waals surface area contributed by atoms with Crippen LogP contribution in [0.4, 0.5) is 10.2 Å². The highest BCUT2D eigenvalue weighted by Crippen LogP contribution is 2.46. The van der Waals surface area contributed by atoms with E-state index < -0.39 is 0 Å². The van der Waals surface area contributed by atoms with Gasteiger partial charge in [-0.1, -0.05) is 12.1 Å². The van der Waals surface area contributed by atoms with E-state index in [4.69, 9.17) is 4.74 Å². The average molecular weight is 395 g/mol. The monoisotopic (exact) mass is 395 g/mol. The summed E-state index contributed by atoms with van der Waals surface area (Å²) < 4.78 is 19.0. The zero-order valence-corrected chi connectivity index (χ0v) is 16.1. The smallest absolute Gasteiger partial charge is 0.249 e. The Morgan fingerprint density at radius 1 is 1.28 bits per heavy atom. The Morgan fingerprint density at radius 3 is 3.00 bits per heavy atom. The van der Waals surface area contributed by atoms with Gasteiger partial charge in [-0.05, 0) is 23.8 Å². The van der Waals surface area contributed by atoms with Crippen molar-refractivity contribution in [3.8, 4) is 0 Å². The van der Waals surface area contributed by atoms with Gasteiger partial charge in [0.25, 0.3) is 0 Å². The molecule has 0 bridgehead atoms. The maximum absolute atomic E-state index is 14.0. The highest BCUT2D eigenvalue weighted by atomic mass is 19.1. The molecule has 150 valence electrons. The molecule has 0 unspecified atom stereocenters. The molecule has 0 aliphatic carbocycles. The summed E-state index contributed by atoms with van der Waals surface area (Å²) in [4.78, 5) is 28.8. The third-order valence-electron chi connectivity index (χ3n) is 6.07. The maximum atomic E-state index is 14.0. The zero-order chi connectivity index (χ0) is 20.0. The predicted molar refractivity (Wildman–Crippen MR) is 106 cm³/mol. The van der Waals surface area contributed by atoms with E-state index in [9.17, 15) is 9.18 Å². The Morgan fingerprint density at radius 2 is 2.17 bits per heavy atom. The topological polar surface area (TPSA) is 74.3 Å². The van der Waals surface area contributed by atoms with Gasteiger partial charge in [0.15, 0.2) is 5.82 Å². The number of nitrogens with one attached hydrogen (secondary N) is 1. The standard InChI is InChI=1S/C21H22FN5O2/c1-29-11-18(28)27-9-14-8-26(21-19-17(5-6-23-19)24-12-25-21)10-16(14)20(27)13-3-2-4-15(22)7-13/h2-7,12,14,16,20,23H,8-11H2,1H3/t14-,16-,20+/m1/s1. The van der Waals surface area contributed by atoms with Crippen molar-refractivity contribution in [1.82, 2.24) is 19.9 Å². The van der Waals surface area contributed by atoms with Crippen LogP contribution < -0.4 is 4.90 Å². The van der Waals surface area contributed by atoms with Gasteiger partial charge in [-0.15, -0.1) is 0 Å². The number of amides is 1. The minimum Gasteiger partial charge on any atom is -0.375 e. The van der Waals surface area contributed by atoms with Crippen LogP contribution >= 0.6 is 0 Å². The van der Waals surface area contributed by atoms with Gasteiger partial charge < -0.3 is 19.5 Å². The van der Waals surface area contributed by atoms with Crippen LogP contribution in [0.5, 0.6) is 0 Å². The van der Waals surface area contributed by atoms with E-state index in [1.807, 2.05) is 23.2 Å². The van der Waals surface area contributed by atoms with E-state index in [1.165, 1.54) is 19.2 Å². The molecule has 1 amide bonds. The first-order valence-electron chi connectivity index (χ1n) is 9.72. The average Bonchev–Trinajstić information content (AvgIpc) is 3.41. The van der Waals surface area contributed by atoms with E-state index in [-0.39, 0.29) is 36.2 Å². The SMILES string of the molecule is COCC(=O)N1C[C@H]2CN(c3ncnc4cc[nH]c34)C[C@H]2[C@@H]1c1cccc(F)c1. The molecule has 2 aliphatic heterocycles. The second-order valence-electron chi connectivity index (χ2n) is 7.74. The lowest BCUT2D eigenvalue weighted by atomic mass is 9.89. The van der Waals surface area contributed by atoms with Crippen molar-refractivity contribution in [2.45, 2.75) is 6.04 Å². The van der Waals surface area contributed by atoms with Crippen LogP contribution in [-0.4, -0.2) is 59.1 Å². The normalized spacial score (nSPS) is 23.7. The molecule has 2 saturated heterocycles. The Hall–Kier alpha value is -3.00. The molecule has 4 heterocycles. The van der Waals surface area contributed by atoms with E-state index in [1.54, 1.807) is 12.4 Å². The molecule has 1 N–H and O–H groups in total. The number of fused-ring (bicyclic) bond motifs is 2. The molecule has 2 fully saturated rings. The number of halogens is 1. The van der Waals surface area contributed by atoms with Crippen molar-refractivity contribution in [3.63, 3.8) is 0 Å². The Bertz CT molecular complexity index is 1050. The summed E-state index contributed by atoms with van der Waals surface area (Å²) in [5, 5.41) is 0. The number of H-pyrrole nitrogens is 1. The number of likely N-dealkylation sites (tertiary alicyclic amines) is 1. The molecule has 7 nitrogen and oxygen atoms in total. The molecule has 3 atom stereocenters. The number of carbonyl (C=O) groups is 1. The number of nitrogens with zero attached hydrogens (tertiary/aromatic N) is 4. The lowest BCUT2D eigenvalue weighted by Gasteiger charge is -2.30. The summed E-state index contributed by atoms with van der Waals surface area (Å²) in [5.74, 6) is 1.00. The fourth-order valence-electron chi connectivity index (χ4n) is 4.90. The van der Waals surface area contributed by atoms with E-state index in [2.05, 4.69) is 19.9 Å². The van der Waals surface area contributed by atoms with Crippen LogP contribution in [-0.2, 0) is 9.53 Å². The lowest BCUT2D eigenvalue weighted by Crippen LogP contribution is -2.37. The molecular formula is C21H22FN5O2. The van der Waals surface area contributed by atoms with Crippen molar-refractivity contribution >= 4 is 22.8 Å². The van der Waals surface area contributed by atoms with E-state index in [0.717, 1.165) is 35.5 Å². The van der Waals surface area contributed by atoms with Gasteiger partial charge in [0.05, 0.1) is 11.6 Å². The number of anilines is 1. The molecular weight excluding hydrogens is 373 g/mol. The number of rotatable bonds is 4. The summed E-state index contributed by atoms with van der Waals surface area (Å²) in [7, 11) is 1.52. The number of aromatic nitrogens is 3. The number of ether oxygens (including phenoxy) is 1. The van der Waals surface area contributed by atoms with Crippen LogP contribution in [0.3, 0.4) is 0 Å². The van der Waals surface area contributed by atoms with Gasteiger partial charge in [0.2, 0.25) is 5.91 Å². The molecule has 8 heteroatoms. The van der Waals surface area contributed by atoms with Gasteiger partial charge in [0.1, 0.15) is 24.3 Å². The molecule has 3 aromatic rings. The molecule has 0 saturated carbocycles.